The quantitative estimate of drug-likeness (QED) is 0.682. The Hall–Kier alpha value is -1.58. The maximum Gasteiger partial charge on any atom is 0.251 e. The molecule has 2 rings (SSSR count). The van der Waals surface area contributed by atoms with Crippen LogP contribution in [-0.4, -0.2) is 16.9 Å². The number of aromatic amines is 1. The number of carbonyl (C=O) groups is 1. The monoisotopic (exact) mass is 178 g/mol. The van der Waals surface area contributed by atoms with E-state index in [4.69, 9.17) is 0 Å². The average molecular weight is 178 g/mol. The first-order valence-corrected chi connectivity index (χ1v) is 4.25. The molecule has 4 nitrogen and oxygen atoms in total. The van der Waals surface area contributed by atoms with E-state index in [9.17, 15) is 9.59 Å². The standard InChI is InChI=1S/C9H10N2O2/c12-8-5-6(3-4-10-8)9(13)11-7-1-2-7/h3-5,7H,1-2H2,(H,10,12)(H,11,13). The maximum absolute atomic E-state index is 11.4. The molecule has 0 radical (unpaired) electrons. The van der Waals surface area contributed by atoms with Gasteiger partial charge in [-0.05, 0) is 18.9 Å². The Labute approximate surface area is 75.0 Å². The largest absolute Gasteiger partial charge is 0.349 e. The van der Waals surface area contributed by atoms with Crippen LogP contribution >= 0.6 is 0 Å². The molecular formula is C9H10N2O2. The van der Waals surface area contributed by atoms with Crippen LogP contribution in [0.25, 0.3) is 0 Å². The van der Waals surface area contributed by atoms with Gasteiger partial charge in [-0.15, -0.1) is 0 Å². The Morgan fingerprint density at radius 2 is 2.31 bits per heavy atom. The molecule has 1 saturated carbocycles. The van der Waals surface area contributed by atoms with Gasteiger partial charge >= 0.3 is 0 Å². The van der Waals surface area contributed by atoms with Crippen LogP contribution in [0.3, 0.4) is 0 Å². The molecule has 1 aromatic rings. The van der Waals surface area contributed by atoms with Gasteiger partial charge in [0, 0.05) is 23.9 Å². The summed E-state index contributed by atoms with van der Waals surface area (Å²) in [6.07, 6.45) is 3.58. The molecule has 0 unspecified atom stereocenters. The summed E-state index contributed by atoms with van der Waals surface area (Å²) in [5.74, 6) is -0.159. The Morgan fingerprint density at radius 3 is 2.92 bits per heavy atom. The second-order valence-electron chi connectivity index (χ2n) is 3.19. The van der Waals surface area contributed by atoms with Crippen LogP contribution < -0.4 is 10.9 Å². The minimum absolute atomic E-state index is 0.159. The van der Waals surface area contributed by atoms with E-state index in [1.807, 2.05) is 0 Å². The van der Waals surface area contributed by atoms with Crippen molar-refractivity contribution in [1.29, 1.82) is 0 Å². The van der Waals surface area contributed by atoms with E-state index in [0.717, 1.165) is 12.8 Å². The second kappa shape index (κ2) is 3.05. The number of carbonyl (C=O) groups excluding carboxylic acids is 1. The molecule has 0 aliphatic heterocycles. The summed E-state index contributed by atoms with van der Waals surface area (Å²) >= 11 is 0. The number of hydrogen-bond acceptors (Lipinski definition) is 2. The first-order valence-electron chi connectivity index (χ1n) is 4.25. The predicted molar refractivity (Wildman–Crippen MR) is 47.6 cm³/mol. The first-order chi connectivity index (χ1) is 6.25. The number of pyridine rings is 1. The van der Waals surface area contributed by atoms with Gasteiger partial charge in [0.1, 0.15) is 0 Å². The number of aromatic nitrogens is 1. The third-order valence-electron chi connectivity index (χ3n) is 1.95. The van der Waals surface area contributed by atoms with Crippen LogP contribution in [0.2, 0.25) is 0 Å². The van der Waals surface area contributed by atoms with Gasteiger partial charge in [0.05, 0.1) is 0 Å². The number of H-pyrrole nitrogens is 1. The lowest BCUT2D eigenvalue weighted by molar-refractivity contribution is 0.0951. The third kappa shape index (κ3) is 1.96. The Kier molecular flexibility index (Phi) is 1.88. The molecule has 1 aliphatic carbocycles. The molecule has 0 saturated heterocycles. The highest BCUT2D eigenvalue weighted by Gasteiger charge is 2.23. The van der Waals surface area contributed by atoms with Crippen molar-refractivity contribution in [3.05, 3.63) is 34.2 Å². The molecule has 0 atom stereocenters. The summed E-state index contributed by atoms with van der Waals surface area (Å²) in [6.45, 7) is 0. The van der Waals surface area contributed by atoms with Gasteiger partial charge in [-0.3, -0.25) is 9.59 Å². The van der Waals surface area contributed by atoms with E-state index in [0.29, 0.717) is 11.6 Å². The van der Waals surface area contributed by atoms with Crippen molar-refractivity contribution >= 4 is 5.91 Å². The second-order valence-corrected chi connectivity index (χ2v) is 3.19. The zero-order valence-electron chi connectivity index (χ0n) is 7.04. The summed E-state index contributed by atoms with van der Waals surface area (Å²) in [7, 11) is 0. The van der Waals surface area contributed by atoms with Crippen molar-refractivity contribution in [3.63, 3.8) is 0 Å². The minimum Gasteiger partial charge on any atom is -0.349 e. The lowest BCUT2D eigenvalue weighted by atomic mass is 10.2. The molecule has 1 fully saturated rings. The molecule has 0 bridgehead atoms. The van der Waals surface area contributed by atoms with Gasteiger partial charge in [0.2, 0.25) is 5.56 Å². The first kappa shape index (κ1) is 8.04. The van der Waals surface area contributed by atoms with Crippen molar-refractivity contribution in [1.82, 2.24) is 10.3 Å². The number of nitrogens with one attached hydrogen (secondary N) is 2. The van der Waals surface area contributed by atoms with E-state index in [2.05, 4.69) is 10.3 Å². The van der Waals surface area contributed by atoms with Crippen LogP contribution in [0, 0.1) is 0 Å². The van der Waals surface area contributed by atoms with E-state index < -0.39 is 0 Å². The fraction of sp³-hybridized carbons (Fsp3) is 0.333. The van der Waals surface area contributed by atoms with Crippen LogP contribution in [0.4, 0.5) is 0 Å². The lowest BCUT2D eigenvalue weighted by Gasteiger charge is -2.01. The summed E-state index contributed by atoms with van der Waals surface area (Å²) < 4.78 is 0. The Balaban J connectivity index is 2.14. The van der Waals surface area contributed by atoms with Crippen LogP contribution in [-0.2, 0) is 0 Å². The van der Waals surface area contributed by atoms with Gasteiger partial charge in [-0.25, -0.2) is 0 Å². The lowest BCUT2D eigenvalue weighted by Crippen LogP contribution is -2.26. The molecule has 1 heterocycles. The highest BCUT2D eigenvalue weighted by molar-refractivity contribution is 5.94. The van der Waals surface area contributed by atoms with Crippen molar-refractivity contribution in [3.8, 4) is 0 Å². The summed E-state index contributed by atoms with van der Waals surface area (Å²) in [4.78, 5) is 24.7. The molecule has 0 spiro atoms. The van der Waals surface area contributed by atoms with Gasteiger partial charge in [0.15, 0.2) is 0 Å². The summed E-state index contributed by atoms with van der Waals surface area (Å²) in [5, 5.41) is 2.81. The van der Waals surface area contributed by atoms with Crippen molar-refractivity contribution < 1.29 is 4.79 Å². The molecule has 13 heavy (non-hydrogen) atoms. The van der Waals surface area contributed by atoms with Crippen LogP contribution in [0.5, 0.6) is 0 Å². The molecule has 2 N–H and O–H groups in total. The molecule has 4 heteroatoms. The number of amides is 1. The highest BCUT2D eigenvalue weighted by atomic mass is 16.2. The molecule has 1 amide bonds. The molecule has 1 aromatic heterocycles. The fourth-order valence-electron chi connectivity index (χ4n) is 1.08. The minimum atomic E-state index is -0.247. The van der Waals surface area contributed by atoms with Crippen molar-refractivity contribution in [2.75, 3.05) is 0 Å². The molecular weight excluding hydrogens is 168 g/mol. The molecule has 68 valence electrons. The Morgan fingerprint density at radius 1 is 1.54 bits per heavy atom. The summed E-state index contributed by atoms with van der Waals surface area (Å²) in [6, 6.07) is 3.23. The highest BCUT2D eigenvalue weighted by Crippen LogP contribution is 2.18. The van der Waals surface area contributed by atoms with Gasteiger partial charge in [-0.1, -0.05) is 0 Å². The zero-order valence-corrected chi connectivity index (χ0v) is 7.04. The normalized spacial score (nSPS) is 15.4. The number of rotatable bonds is 2. The SMILES string of the molecule is O=C(NC1CC1)c1cc[nH]c(=O)c1. The average Bonchev–Trinajstić information content (AvgIpc) is 2.88. The summed E-state index contributed by atoms with van der Waals surface area (Å²) in [5.41, 5.74) is 0.180. The molecule has 0 aromatic carbocycles. The molecule has 1 aliphatic rings. The smallest absolute Gasteiger partial charge is 0.251 e. The van der Waals surface area contributed by atoms with E-state index >= 15 is 0 Å². The van der Waals surface area contributed by atoms with Crippen molar-refractivity contribution in [2.24, 2.45) is 0 Å². The van der Waals surface area contributed by atoms with Crippen LogP contribution in [0.15, 0.2) is 23.1 Å². The van der Waals surface area contributed by atoms with Crippen molar-refractivity contribution in [2.45, 2.75) is 18.9 Å². The third-order valence-corrected chi connectivity index (χ3v) is 1.95. The zero-order chi connectivity index (χ0) is 9.26. The van der Waals surface area contributed by atoms with Gasteiger partial charge in [0.25, 0.3) is 5.91 Å². The topological polar surface area (TPSA) is 62.0 Å². The van der Waals surface area contributed by atoms with Gasteiger partial charge < -0.3 is 10.3 Å². The van der Waals surface area contributed by atoms with E-state index in [-0.39, 0.29) is 11.5 Å². The number of hydrogen-bond donors (Lipinski definition) is 2. The van der Waals surface area contributed by atoms with E-state index in [1.165, 1.54) is 12.3 Å². The van der Waals surface area contributed by atoms with Gasteiger partial charge in [-0.2, -0.15) is 0 Å². The van der Waals surface area contributed by atoms with Crippen LogP contribution in [0.1, 0.15) is 23.2 Å². The van der Waals surface area contributed by atoms with E-state index in [1.54, 1.807) is 6.07 Å². The maximum atomic E-state index is 11.4. The fourth-order valence-corrected chi connectivity index (χ4v) is 1.08. The Bertz CT molecular complexity index is 379. The predicted octanol–water partition coefficient (Wildman–Crippen LogP) is 0.267.